The van der Waals surface area contributed by atoms with Gasteiger partial charge in [0.15, 0.2) is 0 Å². The summed E-state index contributed by atoms with van der Waals surface area (Å²) in [5, 5.41) is 13.8. The molecule has 1 fully saturated rings. The zero-order valence-corrected chi connectivity index (χ0v) is 15.9. The molecule has 25 heavy (non-hydrogen) atoms. The molecule has 0 heterocycles. The van der Waals surface area contributed by atoms with Crippen molar-refractivity contribution in [1.82, 2.24) is 5.32 Å². The summed E-state index contributed by atoms with van der Waals surface area (Å²) in [6.45, 7) is 3.30. The highest BCUT2D eigenvalue weighted by Crippen LogP contribution is 2.33. The average Bonchev–Trinajstić information content (AvgIpc) is 2.60. The van der Waals surface area contributed by atoms with Gasteiger partial charge in [0, 0.05) is 6.04 Å². The van der Waals surface area contributed by atoms with Crippen molar-refractivity contribution in [2.24, 2.45) is 0 Å². The minimum absolute atomic E-state index is 0.190. The number of hydrogen-bond acceptors (Lipinski definition) is 2. The molecular formula is C22H36FNO. The molecular weight excluding hydrogens is 313 g/mol. The van der Waals surface area contributed by atoms with Crippen LogP contribution in [0, 0.1) is 5.82 Å². The van der Waals surface area contributed by atoms with Crippen LogP contribution in [0.1, 0.15) is 89.0 Å². The molecule has 1 aliphatic rings. The van der Waals surface area contributed by atoms with E-state index in [1.165, 1.54) is 63.5 Å². The molecule has 0 aliphatic heterocycles. The summed E-state index contributed by atoms with van der Waals surface area (Å²) in [6, 6.07) is 7.17. The highest BCUT2D eigenvalue weighted by atomic mass is 19.1. The second kappa shape index (κ2) is 11.6. The smallest absolute Gasteiger partial charge is 0.123 e. The summed E-state index contributed by atoms with van der Waals surface area (Å²) in [7, 11) is 0. The zero-order valence-electron chi connectivity index (χ0n) is 15.9. The molecule has 0 aromatic heterocycles. The maximum absolute atomic E-state index is 13.1. The lowest BCUT2D eigenvalue weighted by Crippen LogP contribution is -2.39. The predicted octanol–water partition coefficient (Wildman–Crippen LogP) is 5.55. The van der Waals surface area contributed by atoms with Crippen molar-refractivity contribution in [3.8, 4) is 0 Å². The fraction of sp³-hybridized carbons (Fsp3) is 0.727. The molecule has 2 nitrogen and oxygen atoms in total. The molecule has 0 bridgehead atoms. The van der Waals surface area contributed by atoms with Gasteiger partial charge >= 0.3 is 0 Å². The van der Waals surface area contributed by atoms with Gasteiger partial charge < -0.3 is 10.4 Å². The molecule has 0 radical (unpaired) electrons. The van der Waals surface area contributed by atoms with Crippen LogP contribution in [0.4, 0.5) is 4.39 Å². The van der Waals surface area contributed by atoms with Gasteiger partial charge in [0.1, 0.15) is 5.82 Å². The molecule has 1 aromatic rings. The summed E-state index contributed by atoms with van der Waals surface area (Å²) in [5.74, 6) is 0.143. The molecule has 1 saturated carbocycles. The van der Waals surface area contributed by atoms with Crippen molar-refractivity contribution in [3.63, 3.8) is 0 Å². The second-order valence-electron chi connectivity index (χ2n) is 7.74. The van der Waals surface area contributed by atoms with Crippen molar-refractivity contribution in [2.75, 3.05) is 6.54 Å². The van der Waals surface area contributed by atoms with E-state index in [1.807, 2.05) is 12.1 Å². The van der Waals surface area contributed by atoms with Gasteiger partial charge in [-0.1, -0.05) is 64.0 Å². The highest BCUT2D eigenvalue weighted by molar-refractivity contribution is 5.21. The number of nitrogens with one attached hydrogen (secondary N) is 1. The monoisotopic (exact) mass is 349 g/mol. The second-order valence-corrected chi connectivity index (χ2v) is 7.74. The third-order valence-corrected chi connectivity index (χ3v) is 5.49. The first-order valence-electron chi connectivity index (χ1n) is 10.4. The molecule has 3 atom stereocenters. The number of halogens is 1. The number of rotatable bonds is 11. The summed E-state index contributed by atoms with van der Waals surface area (Å²) >= 11 is 0. The molecule has 3 unspecified atom stereocenters. The van der Waals surface area contributed by atoms with Gasteiger partial charge in [0.25, 0.3) is 0 Å². The van der Waals surface area contributed by atoms with E-state index in [0.717, 1.165) is 31.4 Å². The van der Waals surface area contributed by atoms with E-state index in [-0.39, 0.29) is 11.9 Å². The SMILES string of the molecule is CCCCCCCCCCNC1CC(O)CC(c2ccc(F)cc2)C1. The Morgan fingerprint density at radius 3 is 2.24 bits per heavy atom. The molecule has 142 valence electrons. The first-order valence-corrected chi connectivity index (χ1v) is 10.4. The topological polar surface area (TPSA) is 32.3 Å². The average molecular weight is 350 g/mol. The number of benzene rings is 1. The Kier molecular flexibility index (Phi) is 9.49. The molecule has 3 heteroatoms. The van der Waals surface area contributed by atoms with E-state index in [2.05, 4.69) is 12.2 Å². The van der Waals surface area contributed by atoms with Crippen molar-refractivity contribution in [3.05, 3.63) is 35.6 Å². The molecule has 1 aliphatic carbocycles. The van der Waals surface area contributed by atoms with Crippen LogP contribution in [0.15, 0.2) is 24.3 Å². The van der Waals surface area contributed by atoms with Crippen molar-refractivity contribution < 1.29 is 9.50 Å². The van der Waals surface area contributed by atoms with Crippen LogP contribution in [0.5, 0.6) is 0 Å². The number of unbranched alkanes of at least 4 members (excludes halogenated alkanes) is 7. The summed E-state index contributed by atoms with van der Waals surface area (Å²) < 4.78 is 13.1. The van der Waals surface area contributed by atoms with E-state index >= 15 is 0 Å². The Labute approximate surface area is 153 Å². The molecule has 2 N–H and O–H groups in total. The zero-order chi connectivity index (χ0) is 17.9. The standard InChI is InChI=1S/C22H36FNO/c1-2-3-4-5-6-7-8-9-14-24-21-15-19(16-22(25)17-21)18-10-12-20(23)13-11-18/h10-13,19,21-22,24-25H,2-9,14-17H2,1H3. The lowest BCUT2D eigenvalue weighted by atomic mass is 9.80. The van der Waals surface area contributed by atoms with Crippen LogP contribution in [0.25, 0.3) is 0 Å². The van der Waals surface area contributed by atoms with E-state index in [1.54, 1.807) is 0 Å². The molecule has 0 amide bonds. The fourth-order valence-electron chi connectivity index (χ4n) is 4.03. The lowest BCUT2D eigenvalue weighted by molar-refractivity contribution is 0.100. The van der Waals surface area contributed by atoms with Crippen molar-refractivity contribution in [2.45, 2.75) is 95.6 Å². The first kappa shape index (κ1) is 20.4. The number of hydrogen-bond donors (Lipinski definition) is 2. The summed E-state index contributed by atoms with van der Waals surface area (Å²) in [6.07, 6.45) is 13.1. The molecule has 1 aromatic carbocycles. The van der Waals surface area contributed by atoms with Gasteiger partial charge in [-0.2, -0.15) is 0 Å². The van der Waals surface area contributed by atoms with Gasteiger partial charge in [-0.3, -0.25) is 0 Å². The molecule has 2 rings (SSSR count). The Bertz CT molecular complexity index is 462. The number of aliphatic hydroxyl groups excluding tert-OH is 1. The Morgan fingerprint density at radius 2 is 1.56 bits per heavy atom. The Balaban J connectivity index is 1.62. The fourth-order valence-corrected chi connectivity index (χ4v) is 4.03. The van der Waals surface area contributed by atoms with Crippen LogP contribution < -0.4 is 5.32 Å². The van der Waals surface area contributed by atoms with Crippen LogP contribution in [-0.2, 0) is 0 Å². The van der Waals surface area contributed by atoms with E-state index in [0.29, 0.717) is 12.0 Å². The summed E-state index contributed by atoms with van der Waals surface area (Å²) in [4.78, 5) is 0. The maximum atomic E-state index is 13.1. The third kappa shape index (κ3) is 7.87. The van der Waals surface area contributed by atoms with Crippen molar-refractivity contribution >= 4 is 0 Å². The van der Waals surface area contributed by atoms with Crippen LogP contribution in [0.3, 0.4) is 0 Å². The third-order valence-electron chi connectivity index (χ3n) is 5.49. The largest absolute Gasteiger partial charge is 0.393 e. The minimum Gasteiger partial charge on any atom is -0.393 e. The molecule has 0 saturated heterocycles. The van der Waals surface area contributed by atoms with Gasteiger partial charge in [0.05, 0.1) is 6.10 Å². The maximum Gasteiger partial charge on any atom is 0.123 e. The van der Waals surface area contributed by atoms with Crippen molar-refractivity contribution in [1.29, 1.82) is 0 Å². The minimum atomic E-state index is -0.250. The quantitative estimate of drug-likeness (QED) is 0.513. The Morgan fingerprint density at radius 1 is 0.920 bits per heavy atom. The highest BCUT2D eigenvalue weighted by Gasteiger charge is 2.28. The van der Waals surface area contributed by atoms with Gasteiger partial charge in [-0.05, 0) is 55.8 Å². The van der Waals surface area contributed by atoms with Gasteiger partial charge in [0.2, 0.25) is 0 Å². The van der Waals surface area contributed by atoms with Crippen LogP contribution in [-0.4, -0.2) is 23.8 Å². The van der Waals surface area contributed by atoms with Gasteiger partial charge in [-0.15, -0.1) is 0 Å². The summed E-state index contributed by atoms with van der Waals surface area (Å²) in [5.41, 5.74) is 1.15. The van der Waals surface area contributed by atoms with Gasteiger partial charge in [-0.25, -0.2) is 4.39 Å². The predicted molar refractivity (Wildman–Crippen MR) is 103 cm³/mol. The van der Waals surface area contributed by atoms with E-state index < -0.39 is 0 Å². The van der Waals surface area contributed by atoms with E-state index in [4.69, 9.17) is 0 Å². The Hall–Kier alpha value is -0.930. The van der Waals surface area contributed by atoms with Crippen LogP contribution >= 0.6 is 0 Å². The lowest BCUT2D eigenvalue weighted by Gasteiger charge is -2.33. The normalized spacial score (nSPS) is 23.7. The first-order chi connectivity index (χ1) is 12.2. The van der Waals surface area contributed by atoms with Crippen LogP contribution in [0.2, 0.25) is 0 Å². The van der Waals surface area contributed by atoms with E-state index in [9.17, 15) is 9.50 Å². The molecule has 0 spiro atoms. The number of aliphatic hydroxyl groups is 1.